The van der Waals surface area contributed by atoms with Crippen molar-refractivity contribution in [3.8, 4) is 11.1 Å². The normalized spacial score (nSPS) is 13.0. The summed E-state index contributed by atoms with van der Waals surface area (Å²) in [6.45, 7) is 9.96. The highest BCUT2D eigenvalue weighted by molar-refractivity contribution is 7.80. The van der Waals surface area contributed by atoms with Crippen LogP contribution in [0.25, 0.3) is 17.2 Å². The van der Waals surface area contributed by atoms with E-state index in [1.54, 1.807) is 0 Å². The molecule has 0 saturated carbocycles. The summed E-state index contributed by atoms with van der Waals surface area (Å²) in [6, 6.07) is 14.9. The van der Waals surface area contributed by atoms with Gasteiger partial charge in [-0.1, -0.05) is 61.6 Å². The number of thiocarbonyl (C=S) groups is 1. The Bertz CT molecular complexity index is 955. The number of fused-ring (bicyclic) bond motifs is 1. The molecule has 1 aliphatic rings. The molecule has 3 rings (SSSR count). The molecule has 29 heavy (non-hydrogen) atoms. The maximum Gasteiger partial charge on any atom is 0.105 e. The quantitative estimate of drug-likeness (QED) is 0.461. The molecule has 2 aromatic carbocycles. The monoisotopic (exact) mass is 403 g/mol. The molecule has 0 atom stereocenters. The molecule has 0 bridgehead atoms. The number of hydrogen-bond donors (Lipinski definition) is 1. The third kappa shape index (κ3) is 5.01. The number of rotatable bonds is 7. The first-order valence-corrected chi connectivity index (χ1v) is 10.6. The van der Waals surface area contributed by atoms with Crippen molar-refractivity contribution in [2.24, 2.45) is 10.7 Å². The van der Waals surface area contributed by atoms with Crippen molar-refractivity contribution >= 4 is 34.8 Å². The van der Waals surface area contributed by atoms with Crippen molar-refractivity contribution in [3.63, 3.8) is 0 Å². The summed E-state index contributed by atoms with van der Waals surface area (Å²) in [7, 11) is 0. The van der Waals surface area contributed by atoms with E-state index < -0.39 is 0 Å². The van der Waals surface area contributed by atoms with E-state index in [-0.39, 0.29) is 0 Å². The third-order valence-electron chi connectivity index (χ3n) is 5.10. The number of aliphatic imine (C=N–C) groups is 1. The van der Waals surface area contributed by atoms with Crippen molar-refractivity contribution in [1.29, 1.82) is 0 Å². The second-order valence-corrected chi connectivity index (χ2v) is 7.68. The zero-order chi connectivity index (χ0) is 20.8. The Kier molecular flexibility index (Phi) is 6.99. The van der Waals surface area contributed by atoms with Gasteiger partial charge < -0.3 is 10.6 Å². The first kappa shape index (κ1) is 21.0. The highest BCUT2D eigenvalue weighted by atomic mass is 32.1. The number of likely N-dealkylation sites (N-methyl/N-ethyl adjacent to an activating group) is 1. The summed E-state index contributed by atoms with van der Waals surface area (Å²) < 4.78 is 0. The topological polar surface area (TPSA) is 41.6 Å². The summed E-state index contributed by atoms with van der Waals surface area (Å²) in [6.07, 6.45) is 6.60. The van der Waals surface area contributed by atoms with Crippen LogP contribution in [-0.4, -0.2) is 28.8 Å². The van der Waals surface area contributed by atoms with Crippen LogP contribution in [0.1, 0.15) is 37.8 Å². The molecule has 0 spiro atoms. The Balaban J connectivity index is 1.94. The van der Waals surface area contributed by atoms with Gasteiger partial charge in [-0.25, -0.2) is 4.99 Å². The van der Waals surface area contributed by atoms with E-state index >= 15 is 0 Å². The highest BCUT2D eigenvalue weighted by Crippen LogP contribution is 2.32. The fraction of sp³-hybridized carbons (Fsp3) is 0.280. The fourth-order valence-corrected chi connectivity index (χ4v) is 3.94. The third-order valence-corrected chi connectivity index (χ3v) is 5.62. The van der Waals surface area contributed by atoms with E-state index in [1.807, 2.05) is 6.08 Å². The first-order chi connectivity index (χ1) is 14.0. The van der Waals surface area contributed by atoms with Crippen molar-refractivity contribution in [3.05, 3.63) is 71.8 Å². The Morgan fingerprint density at radius 3 is 2.55 bits per heavy atom. The summed E-state index contributed by atoms with van der Waals surface area (Å²) in [5, 5.41) is 0. The Labute approximate surface area is 179 Å². The number of amidine groups is 1. The van der Waals surface area contributed by atoms with Crippen LogP contribution in [0.2, 0.25) is 0 Å². The minimum atomic E-state index is 0.583. The molecule has 0 fully saturated rings. The van der Waals surface area contributed by atoms with E-state index in [0.717, 1.165) is 53.3 Å². The molecule has 0 unspecified atom stereocenters. The molecular weight excluding hydrogens is 374 g/mol. The largest absolute Gasteiger partial charge is 0.387 e. The maximum absolute atomic E-state index is 6.26. The lowest BCUT2D eigenvalue weighted by Crippen LogP contribution is -2.32. The molecule has 0 amide bonds. The molecular formula is C25H29N3S. The lowest BCUT2D eigenvalue weighted by molar-refractivity contribution is 0.447. The van der Waals surface area contributed by atoms with Gasteiger partial charge in [0, 0.05) is 25.1 Å². The van der Waals surface area contributed by atoms with Gasteiger partial charge in [-0.05, 0) is 54.2 Å². The minimum Gasteiger partial charge on any atom is -0.387 e. The van der Waals surface area contributed by atoms with Gasteiger partial charge in [0.1, 0.15) is 10.8 Å². The molecule has 0 aromatic heterocycles. The molecule has 0 aliphatic carbocycles. The van der Waals surface area contributed by atoms with E-state index in [9.17, 15) is 0 Å². The minimum absolute atomic E-state index is 0.583. The zero-order valence-corrected chi connectivity index (χ0v) is 18.1. The molecule has 1 heterocycles. The summed E-state index contributed by atoms with van der Waals surface area (Å²) >= 11 is 5.78. The maximum atomic E-state index is 6.26. The van der Waals surface area contributed by atoms with Crippen molar-refractivity contribution < 1.29 is 0 Å². The van der Waals surface area contributed by atoms with Crippen molar-refractivity contribution in [2.75, 3.05) is 13.1 Å². The van der Waals surface area contributed by atoms with Crippen LogP contribution in [-0.2, 0) is 6.42 Å². The van der Waals surface area contributed by atoms with E-state index in [2.05, 4.69) is 78.9 Å². The molecule has 4 heteroatoms. The van der Waals surface area contributed by atoms with Crippen LogP contribution in [0.4, 0.5) is 5.69 Å². The summed E-state index contributed by atoms with van der Waals surface area (Å²) in [5.74, 6) is 0.600. The van der Waals surface area contributed by atoms with Gasteiger partial charge in [0.2, 0.25) is 0 Å². The van der Waals surface area contributed by atoms with Crippen LogP contribution < -0.4 is 5.73 Å². The van der Waals surface area contributed by atoms with Gasteiger partial charge in [0.25, 0.3) is 0 Å². The predicted octanol–water partition coefficient (Wildman–Crippen LogP) is 5.92. The van der Waals surface area contributed by atoms with Crippen molar-refractivity contribution in [1.82, 2.24) is 4.90 Å². The van der Waals surface area contributed by atoms with Crippen LogP contribution in [0.5, 0.6) is 0 Å². The average Bonchev–Trinajstić information content (AvgIpc) is 2.89. The molecule has 0 saturated heterocycles. The first-order valence-electron chi connectivity index (χ1n) is 10.2. The van der Waals surface area contributed by atoms with Crippen LogP contribution in [0, 0.1) is 0 Å². The average molecular weight is 404 g/mol. The van der Waals surface area contributed by atoms with E-state index in [1.165, 1.54) is 11.1 Å². The lowest BCUT2D eigenvalue weighted by Gasteiger charge is -2.24. The van der Waals surface area contributed by atoms with Gasteiger partial charge >= 0.3 is 0 Å². The number of benzene rings is 2. The summed E-state index contributed by atoms with van der Waals surface area (Å²) in [5.41, 5.74) is 12.8. The van der Waals surface area contributed by atoms with Crippen LogP contribution in [0.3, 0.4) is 0 Å². The van der Waals surface area contributed by atoms with Crippen LogP contribution in [0.15, 0.2) is 65.7 Å². The molecule has 0 radical (unpaired) electrons. The Morgan fingerprint density at radius 1 is 1.17 bits per heavy atom. The molecule has 3 nitrogen and oxygen atoms in total. The number of allylic oxidation sites excluding steroid dienone is 1. The predicted molar refractivity (Wildman–Crippen MR) is 130 cm³/mol. The molecule has 150 valence electrons. The van der Waals surface area contributed by atoms with Gasteiger partial charge in [-0.15, -0.1) is 6.58 Å². The molecule has 1 aliphatic heterocycles. The second-order valence-electron chi connectivity index (χ2n) is 7.30. The van der Waals surface area contributed by atoms with Gasteiger partial charge in [0.15, 0.2) is 0 Å². The Morgan fingerprint density at radius 2 is 1.90 bits per heavy atom. The highest BCUT2D eigenvalue weighted by Gasteiger charge is 2.17. The van der Waals surface area contributed by atoms with Gasteiger partial charge in [0.05, 0.1) is 5.69 Å². The Hall–Kier alpha value is -2.72. The van der Waals surface area contributed by atoms with E-state index in [0.29, 0.717) is 12.3 Å². The SMILES string of the molecule is C=CCc1ccc(-c2ccc3c(c2)N=C(N)CC(C(=S)N(CC)CCC)=C3)cc1. The molecule has 2 aromatic rings. The van der Waals surface area contributed by atoms with E-state index in [4.69, 9.17) is 18.0 Å². The number of nitrogens with zero attached hydrogens (tertiary/aromatic N) is 2. The molecule has 2 N–H and O–H groups in total. The fourth-order valence-electron chi connectivity index (χ4n) is 3.58. The smallest absolute Gasteiger partial charge is 0.105 e. The number of hydrogen-bond acceptors (Lipinski definition) is 3. The van der Waals surface area contributed by atoms with Gasteiger partial charge in [-0.3, -0.25) is 0 Å². The summed E-state index contributed by atoms with van der Waals surface area (Å²) in [4.78, 5) is 7.80. The van der Waals surface area contributed by atoms with Crippen molar-refractivity contribution in [2.45, 2.75) is 33.1 Å². The van der Waals surface area contributed by atoms with Crippen LogP contribution >= 0.6 is 12.2 Å². The number of nitrogens with two attached hydrogens (primary N) is 1. The standard InChI is InChI=1S/C25H29N3S/c1-4-7-18-8-10-19(11-9-18)20-12-13-21-15-22(17-24(26)27-23(21)16-20)25(29)28(6-3)14-5-2/h4,8-13,15-16H,1,5-7,14,17H2,2-3H3,(H2,26,27). The second kappa shape index (κ2) is 9.66. The zero-order valence-electron chi connectivity index (χ0n) is 17.3. The lowest BCUT2D eigenvalue weighted by atomic mass is 9.99. The van der Waals surface area contributed by atoms with Gasteiger partial charge in [-0.2, -0.15) is 0 Å².